The first-order valence-corrected chi connectivity index (χ1v) is 8.79. The van der Waals surface area contributed by atoms with Crippen LogP contribution in [0.1, 0.15) is 28.6 Å². The number of hydrogen-bond donors (Lipinski definition) is 1. The lowest BCUT2D eigenvalue weighted by Gasteiger charge is -2.24. The first-order chi connectivity index (χ1) is 11.7. The van der Waals surface area contributed by atoms with Crippen LogP contribution in [0.2, 0.25) is 0 Å². The average molecular weight is 339 g/mol. The van der Waals surface area contributed by atoms with Crippen LogP contribution in [-0.4, -0.2) is 31.7 Å². The van der Waals surface area contributed by atoms with Gasteiger partial charge >= 0.3 is 0 Å². The number of carbonyl (C=O) groups excluding carboxylic acids is 1. The number of nitrogens with one attached hydrogen (secondary N) is 1. The Morgan fingerprint density at radius 1 is 1.29 bits per heavy atom. The zero-order valence-corrected chi connectivity index (χ0v) is 14.1. The van der Waals surface area contributed by atoms with E-state index < -0.39 is 0 Å². The van der Waals surface area contributed by atoms with Gasteiger partial charge in [0, 0.05) is 30.0 Å². The van der Waals surface area contributed by atoms with Gasteiger partial charge in [0.2, 0.25) is 0 Å². The number of fused-ring (bicyclic) bond motifs is 1. The fourth-order valence-electron chi connectivity index (χ4n) is 2.93. The van der Waals surface area contributed by atoms with Crippen molar-refractivity contribution in [1.29, 1.82) is 0 Å². The van der Waals surface area contributed by atoms with E-state index in [0.29, 0.717) is 5.69 Å². The maximum absolute atomic E-state index is 12.5. The molecule has 0 unspecified atom stereocenters. The van der Waals surface area contributed by atoms with Gasteiger partial charge in [-0.25, -0.2) is 4.98 Å². The summed E-state index contributed by atoms with van der Waals surface area (Å²) >= 11 is 1.49. The van der Waals surface area contributed by atoms with E-state index in [1.165, 1.54) is 11.3 Å². The molecular weight excluding hydrogens is 322 g/mol. The number of carbonyl (C=O) groups is 1. The molecule has 122 valence electrons. The summed E-state index contributed by atoms with van der Waals surface area (Å²) in [4.78, 5) is 17.0. The van der Waals surface area contributed by atoms with Gasteiger partial charge in [0.05, 0.1) is 0 Å². The largest absolute Gasteiger partial charge is 0.346 e. The van der Waals surface area contributed by atoms with Gasteiger partial charge in [-0.1, -0.05) is 30.3 Å². The highest BCUT2D eigenvalue weighted by molar-refractivity contribution is 7.13. The van der Waals surface area contributed by atoms with Crippen molar-refractivity contribution in [3.63, 3.8) is 0 Å². The number of rotatable bonds is 3. The van der Waals surface area contributed by atoms with Gasteiger partial charge in [-0.3, -0.25) is 4.79 Å². The van der Waals surface area contributed by atoms with Gasteiger partial charge in [0.1, 0.15) is 22.4 Å². The van der Waals surface area contributed by atoms with Gasteiger partial charge in [0.25, 0.3) is 5.91 Å². The molecule has 0 spiro atoms. The van der Waals surface area contributed by atoms with Crippen molar-refractivity contribution in [1.82, 2.24) is 25.1 Å². The molecule has 2 aromatic heterocycles. The molecule has 0 bridgehead atoms. The third kappa shape index (κ3) is 2.82. The summed E-state index contributed by atoms with van der Waals surface area (Å²) in [6.07, 6.45) is 1.71. The molecule has 0 saturated heterocycles. The maximum atomic E-state index is 12.5. The molecule has 3 heterocycles. The summed E-state index contributed by atoms with van der Waals surface area (Å²) in [7, 11) is 0. The summed E-state index contributed by atoms with van der Waals surface area (Å²) < 4.78 is 2.07. The summed E-state index contributed by atoms with van der Waals surface area (Å²) in [5, 5.41) is 14.0. The SMILES string of the molecule is Cc1nnc2n1C[C@@H](NC(=O)c1csc(-c3ccccc3)n1)CC2. The molecule has 1 aliphatic rings. The summed E-state index contributed by atoms with van der Waals surface area (Å²) in [5.74, 6) is 1.77. The molecule has 1 amide bonds. The van der Waals surface area contributed by atoms with Crippen molar-refractivity contribution in [2.24, 2.45) is 0 Å². The molecule has 0 fully saturated rings. The Morgan fingerprint density at radius 2 is 2.12 bits per heavy atom. The molecular formula is C17H17N5OS. The Morgan fingerprint density at radius 3 is 2.96 bits per heavy atom. The second-order valence-electron chi connectivity index (χ2n) is 5.89. The van der Waals surface area contributed by atoms with Crippen molar-refractivity contribution in [3.05, 3.63) is 53.1 Å². The smallest absolute Gasteiger partial charge is 0.271 e. The molecule has 1 aliphatic heterocycles. The molecule has 0 saturated carbocycles. The lowest BCUT2D eigenvalue weighted by Crippen LogP contribution is -2.41. The van der Waals surface area contributed by atoms with Crippen molar-refractivity contribution in [2.45, 2.75) is 32.4 Å². The van der Waals surface area contributed by atoms with Crippen LogP contribution in [0, 0.1) is 6.92 Å². The zero-order valence-electron chi connectivity index (χ0n) is 13.3. The van der Waals surface area contributed by atoms with Crippen molar-refractivity contribution < 1.29 is 4.79 Å². The number of amides is 1. The number of benzene rings is 1. The summed E-state index contributed by atoms with van der Waals surface area (Å²) in [6, 6.07) is 9.99. The Kier molecular flexibility index (Phi) is 3.86. The third-order valence-electron chi connectivity index (χ3n) is 4.22. The second kappa shape index (κ2) is 6.16. The van der Waals surface area contributed by atoms with E-state index in [2.05, 4.69) is 25.1 Å². The molecule has 7 heteroatoms. The highest BCUT2D eigenvalue weighted by Crippen LogP contribution is 2.23. The molecule has 4 rings (SSSR count). The van der Waals surface area contributed by atoms with Gasteiger partial charge in [-0.15, -0.1) is 21.5 Å². The molecule has 0 aliphatic carbocycles. The Balaban J connectivity index is 1.46. The predicted octanol–water partition coefficient (Wildman–Crippen LogP) is 2.45. The minimum absolute atomic E-state index is 0.0848. The molecule has 24 heavy (non-hydrogen) atoms. The lowest BCUT2D eigenvalue weighted by atomic mass is 10.1. The minimum atomic E-state index is -0.118. The Hall–Kier alpha value is -2.54. The fourth-order valence-corrected chi connectivity index (χ4v) is 3.74. The molecule has 1 atom stereocenters. The van der Waals surface area contributed by atoms with Crippen molar-refractivity contribution in [2.75, 3.05) is 0 Å². The fraction of sp³-hybridized carbons (Fsp3) is 0.294. The van der Waals surface area contributed by atoms with E-state index in [0.717, 1.165) is 41.6 Å². The Bertz CT molecular complexity index is 870. The second-order valence-corrected chi connectivity index (χ2v) is 6.75. The van der Waals surface area contributed by atoms with Crippen LogP contribution in [0.3, 0.4) is 0 Å². The van der Waals surface area contributed by atoms with Crippen LogP contribution in [0.15, 0.2) is 35.7 Å². The highest BCUT2D eigenvalue weighted by Gasteiger charge is 2.24. The first kappa shape index (κ1) is 15.0. The van der Waals surface area contributed by atoms with Crippen LogP contribution < -0.4 is 5.32 Å². The van der Waals surface area contributed by atoms with Gasteiger partial charge in [0.15, 0.2) is 0 Å². The normalized spacial score (nSPS) is 16.6. The summed E-state index contributed by atoms with van der Waals surface area (Å²) in [6.45, 7) is 2.66. The molecule has 1 N–H and O–H groups in total. The monoisotopic (exact) mass is 339 g/mol. The Labute approximate surface area is 143 Å². The zero-order chi connectivity index (χ0) is 16.5. The van der Waals surface area contributed by atoms with Crippen LogP contribution in [-0.2, 0) is 13.0 Å². The van der Waals surface area contributed by atoms with Crippen LogP contribution in [0.4, 0.5) is 0 Å². The topological polar surface area (TPSA) is 72.7 Å². The van der Waals surface area contributed by atoms with E-state index in [1.807, 2.05) is 42.6 Å². The summed E-state index contributed by atoms with van der Waals surface area (Å²) in [5.41, 5.74) is 1.51. The van der Waals surface area contributed by atoms with Gasteiger partial charge in [-0.05, 0) is 13.3 Å². The van der Waals surface area contributed by atoms with Crippen LogP contribution in [0.5, 0.6) is 0 Å². The number of thiazole rings is 1. The maximum Gasteiger partial charge on any atom is 0.271 e. The van der Waals surface area contributed by atoms with E-state index in [4.69, 9.17) is 0 Å². The predicted molar refractivity (Wildman–Crippen MR) is 91.9 cm³/mol. The van der Waals surface area contributed by atoms with Crippen molar-refractivity contribution >= 4 is 17.2 Å². The molecule has 1 aromatic carbocycles. The van der Waals surface area contributed by atoms with Crippen molar-refractivity contribution in [3.8, 4) is 10.6 Å². The number of aryl methyl sites for hydroxylation is 2. The van der Waals surface area contributed by atoms with E-state index in [1.54, 1.807) is 0 Å². The first-order valence-electron chi connectivity index (χ1n) is 7.91. The minimum Gasteiger partial charge on any atom is -0.346 e. The number of nitrogens with zero attached hydrogens (tertiary/aromatic N) is 4. The molecule has 0 radical (unpaired) electrons. The lowest BCUT2D eigenvalue weighted by molar-refractivity contribution is 0.0923. The average Bonchev–Trinajstić information content (AvgIpc) is 3.24. The number of aromatic nitrogens is 4. The highest BCUT2D eigenvalue weighted by atomic mass is 32.1. The van der Waals surface area contributed by atoms with Crippen LogP contribution in [0.25, 0.3) is 10.6 Å². The third-order valence-corrected chi connectivity index (χ3v) is 5.12. The molecule has 6 nitrogen and oxygen atoms in total. The van der Waals surface area contributed by atoms with E-state index in [-0.39, 0.29) is 11.9 Å². The molecule has 3 aromatic rings. The van der Waals surface area contributed by atoms with Crippen LogP contribution >= 0.6 is 11.3 Å². The number of hydrogen-bond acceptors (Lipinski definition) is 5. The van der Waals surface area contributed by atoms with Gasteiger partial charge < -0.3 is 9.88 Å². The van der Waals surface area contributed by atoms with Gasteiger partial charge in [-0.2, -0.15) is 0 Å². The quantitative estimate of drug-likeness (QED) is 0.795. The van der Waals surface area contributed by atoms with E-state index in [9.17, 15) is 4.79 Å². The van der Waals surface area contributed by atoms with E-state index >= 15 is 0 Å². The standard InChI is InChI=1S/C17H17N5OS/c1-11-20-21-15-8-7-13(9-22(11)15)18-16(23)14-10-24-17(19-14)12-5-3-2-4-6-12/h2-6,10,13H,7-9H2,1H3,(H,18,23)/t13-/m0/s1.